The van der Waals surface area contributed by atoms with Crippen molar-refractivity contribution in [3.63, 3.8) is 0 Å². The van der Waals surface area contributed by atoms with Gasteiger partial charge in [0.25, 0.3) is 0 Å². The van der Waals surface area contributed by atoms with E-state index in [2.05, 4.69) is 13.8 Å². The Hall–Kier alpha value is -1.10. The van der Waals surface area contributed by atoms with E-state index in [1.807, 2.05) is 18.2 Å². The van der Waals surface area contributed by atoms with Gasteiger partial charge < -0.3 is 19.9 Å². The lowest BCUT2D eigenvalue weighted by molar-refractivity contribution is -0.207. The van der Waals surface area contributed by atoms with E-state index in [0.29, 0.717) is 5.92 Å². The van der Waals surface area contributed by atoms with Crippen LogP contribution in [0.15, 0.2) is 18.2 Å². The van der Waals surface area contributed by atoms with Gasteiger partial charge in [0.1, 0.15) is 5.75 Å². The van der Waals surface area contributed by atoms with Crippen molar-refractivity contribution in [1.82, 2.24) is 0 Å². The first-order valence-corrected chi connectivity index (χ1v) is 6.03. The van der Waals surface area contributed by atoms with E-state index in [9.17, 15) is 0 Å². The standard InChI is InChI=1S/C14H23NO3/c1-10(2)12-8-11(6-7-13(12)16-3)14(9-15,17-4)18-5/h6-8,10H,9,15H2,1-5H3. The summed E-state index contributed by atoms with van der Waals surface area (Å²) in [5, 5.41) is 0. The summed E-state index contributed by atoms with van der Waals surface area (Å²) in [4.78, 5) is 0. The molecule has 0 heterocycles. The highest BCUT2D eigenvalue weighted by Gasteiger charge is 2.31. The molecule has 0 saturated carbocycles. The number of hydrogen-bond donors (Lipinski definition) is 1. The maximum Gasteiger partial charge on any atom is 0.207 e. The van der Waals surface area contributed by atoms with E-state index in [0.717, 1.165) is 16.9 Å². The average Bonchev–Trinajstić information content (AvgIpc) is 2.41. The lowest BCUT2D eigenvalue weighted by atomic mass is 9.96. The molecule has 0 bridgehead atoms. The fourth-order valence-electron chi connectivity index (χ4n) is 2.03. The Morgan fingerprint density at radius 3 is 2.17 bits per heavy atom. The summed E-state index contributed by atoms with van der Waals surface area (Å²) >= 11 is 0. The van der Waals surface area contributed by atoms with E-state index < -0.39 is 5.79 Å². The minimum atomic E-state index is -0.893. The smallest absolute Gasteiger partial charge is 0.207 e. The molecule has 1 aromatic carbocycles. The van der Waals surface area contributed by atoms with Gasteiger partial charge in [-0.3, -0.25) is 0 Å². The molecule has 0 atom stereocenters. The largest absolute Gasteiger partial charge is 0.496 e. The molecular formula is C14H23NO3. The topological polar surface area (TPSA) is 53.7 Å². The van der Waals surface area contributed by atoms with Crippen LogP contribution in [-0.4, -0.2) is 27.9 Å². The zero-order valence-electron chi connectivity index (χ0n) is 11.8. The van der Waals surface area contributed by atoms with Crippen LogP contribution in [-0.2, 0) is 15.3 Å². The Balaban J connectivity index is 3.30. The van der Waals surface area contributed by atoms with Crippen molar-refractivity contribution in [2.24, 2.45) is 5.73 Å². The van der Waals surface area contributed by atoms with E-state index in [4.69, 9.17) is 19.9 Å². The van der Waals surface area contributed by atoms with Gasteiger partial charge in [-0.15, -0.1) is 0 Å². The van der Waals surface area contributed by atoms with Crippen molar-refractivity contribution in [3.8, 4) is 5.75 Å². The number of rotatable bonds is 6. The van der Waals surface area contributed by atoms with Crippen LogP contribution < -0.4 is 10.5 Å². The number of hydrogen-bond acceptors (Lipinski definition) is 4. The highest BCUT2D eigenvalue weighted by Crippen LogP contribution is 2.33. The SMILES string of the molecule is COc1ccc(C(CN)(OC)OC)cc1C(C)C. The Morgan fingerprint density at radius 1 is 1.17 bits per heavy atom. The molecule has 1 rings (SSSR count). The first-order chi connectivity index (χ1) is 8.54. The number of nitrogens with two attached hydrogens (primary N) is 1. The summed E-state index contributed by atoms with van der Waals surface area (Å²) in [6, 6.07) is 5.88. The summed E-state index contributed by atoms with van der Waals surface area (Å²) in [7, 11) is 4.86. The van der Waals surface area contributed by atoms with E-state index in [1.165, 1.54) is 0 Å². The Labute approximate surface area is 109 Å². The molecule has 0 aliphatic heterocycles. The summed E-state index contributed by atoms with van der Waals surface area (Å²) in [5.41, 5.74) is 7.79. The molecule has 4 heteroatoms. The maximum atomic E-state index is 5.78. The molecule has 2 N–H and O–H groups in total. The van der Waals surface area contributed by atoms with Crippen molar-refractivity contribution >= 4 is 0 Å². The van der Waals surface area contributed by atoms with Crippen LogP contribution in [0.2, 0.25) is 0 Å². The molecule has 0 aromatic heterocycles. The van der Waals surface area contributed by atoms with Crippen LogP contribution in [0.3, 0.4) is 0 Å². The molecule has 4 nitrogen and oxygen atoms in total. The quantitative estimate of drug-likeness (QED) is 0.790. The van der Waals surface area contributed by atoms with E-state index in [1.54, 1.807) is 21.3 Å². The van der Waals surface area contributed by atoms with Crippen LogP contribution in [0.1, 0.15) is 30.9 Å². The van der Waals surface area contributed by atoms with Gasteiger partial charge in [0.2, 0.25) is 5.79 Å². The van der Waals surface area contributed by atoms with Gasteiger partial charge in [0.15, 0.2) is 0 Å². The summed E-state index contributed by atoms with van der Waals surface area (Å²) in [6.45, 7) is 4.49. The van der Waals surface area contributed by atoms with Crippen LogP contribution in [0.25, 0.3) is 0 Å². The van der Waals surface area contributed by atoms with Crippen LogP contribution in [0.5, 0.6) is 5.75 Å². The van der Waals surface area contributed by atoms with Gasteiger partial charge in [-0.05, 0) is 29.7 Å². The lowest BCUT2D eigenvalue weighted by Gasteiger charge is -2.30. The highest BCUT2D eigenvalue weighted by atomic mass is 16.7. The molecule has 0 aliphatic carbocycles. The molecule has 0 amide bonds. The van der Waals surface area contributed by atoms with Gasteiger partial charge in [0.05, 0.1) is 13.7 Å². The van der Waals surface area contributed by atoms with Crippen LogP contribution >= 0.6 is 0 Å². The van der Waals surface area contributed by atoms with Crippen molar-refractivity contribution in [3.05, 3.63) is 29.3 Å². The van der Waals surface area contributed by atoms with Gasteiger partial charge in [-0.1, -0.05) is 13.8 Å². The molecule has 0 radical (unpaired) electrons. The molecular weight excluding hydrogens is 230 g/mol. The minimum Gasteiger partial charge on any atom is -0.496 e. The Morgan fingerprint density at radius 2 is 1.78 bits per heavy atom. The third-order valence-electron chi connectivity index (χ3n) is 3.22. The van der Waals surface area contributed by atoms with Crippen molar-refractivity contribution in [2.45, 2.75) is 25.6 Å². The molecule has 0 aliphatic rings. The van der Waals surface area contributed by atoms with Gasteiger partial charge >= 0.3 is 0 Å². The van der Waals surface area contributed by atoms with E-state index in [-0.39, 0.29) is 6.54 Å². The molecule has 1 aromatic rings. The Kier molecular flexibility index (Phi) is 5.14. The predicted octanol–water partition coefficient (Wildman–Crippen LogP) is 2.22. The molecule has 0 saturated heterocycles. The molecule has 102 valence electrons. The van der Waals surface area contributed by atoms with Crippen molar-refractivity contribution in [2.75, 3.05) is 27.9 Å². The third kappa shape index (κ3) is 2.66. The second kappa shape index (κ2) is 6.18. The van der Waals surface area contributed by atoms with Gasteiger partial charge in [0, 0.05) is 19.8 Å². The third-order valence-corrected chi connectivity index (χ3v) is 3.22. The first kappa shape index (κ1) is 15.0. The normalized spacial score (nSPS) is 11.9. The first-order valence-electron chi connectivity index (χ1n) is 6.03. The van der Waals surface area contributed by atoms with Crippen LogP contribution in [0, 0.1) is 0 Å². The average molecular weight is 253 g/mol. The fraction of sp³-hybridized carbons (Fsp3) is 0.571. The molecule has 0 spiro atoms. The zero-order valence-corrected chi connectivity index (χ0v) is 11.8. The number of ether oxygens (including phenoxy) is 3. The summed E-state index contributed by atoms with van der Waals surface area (Å²) in [6.07, 6.45) is 0. The minimum absolute atomic E-state index is 0.254. The van der Waals surface area contributed by atoms with Gasteiger partial charge in [-0.25, -0.2) is 0 Å². The molecule has 0 fully saturated rings. The van der Waals surface area contributed by atoms with E-state index >= 15 is 0 Å². The predicted molar refractivity (Wildman–Crippen MR) is 71.8 cm³/mol. The zero-order chi connectivity index (χ0) is 13.8. The second-order valence-electron chi connectivity index (χ2n) is 4.48. The van der Waals surface area contributed by atoms with Crippen molar-refractivity contribution < 1.29 is 14.2 Å². The fourth-order valence-corrected chi connectivity index (χ4v) is 2.03. The molecule has 18 heavy (non-hydrogen) atoms. The summed E-state index contributed by atoms with van der Waals surface area (Å²) in [5.74, 6) is 0.326. The maximum absolute atomic E-state index is 5.78. The van der Waals surface area contributed by atoms with Crippen molar-refractivity contribution in [1.29, 1.82) is 0 Å². The Bertz CT molecular complexity index is 378. The number of methoxy groups -OCH3 is 3. The van der Waals surface area contributed by atoms with Crippen LogP contribution in [0.4, 0.5) is 0 Å². The highest BCUT2D eigenvalue weighted by molar-refractivity contribution is 5.41. The lowest BCUT2D eigenvalue weighted by Crippen LogP contribution is -2.39. The number of benzene rings is 1. The summed E-state index contributed by atoms with van der Waals surface area (Å²) < 4.78 is 16.2. The second-order valence-corrected chi connectivity index (χ2v) is 4.48. The molecule has 0 unspecified atom stereocenters. The van der Waals surface area contributed by atoms with Gasteiger partial charge in [-0.2, -0.15) is 0 Å². The monoisotopic (exact) mass is 253 g/mol.